The number of carbonyl (C=O) groups excluding carboxylic acids is 1. The molecule has 0 atom stereocenters. The van der Waals surface area contributed by atoms with E-state index in [1.54, 1.807) is 18.2 Å². The monoisotopic (exact) mass is 510 g/mol. The Morgan fingerprint density at radius 2 is 1.84 bits per heavy atom. The zero-order chi connectivity index (χ0) is 26.2. The largest absolute Gasteiger partial charge is 0.492 e. The molecule has 196 valence electrons. The SMILES string of the molecule is CC(C)N1CCN(CCOc2ccc(-c3ncc(CC(=O)NCc4cccc(F)n4)cn3)c(F)c2)CC1. The first kappa shape index (κ1) is 26.6. The average Bonchev–Trinajstić information content (AvgIpc) is 2.89. The molecule has 1 saturated heterocycles. The van der Waals surface area contributed by atoms with Crippen molar-refractivity contribution in [3.63, 3.8) is 0 Å². The number of benzene rings is 1. The summed E-state index contributed by atoms with van der Waals surface area (Å²) in [7, 11) is 0. The normalized spacial score (nSPS) is 14.6. The lowest BCUT2D eigenvalue weighted by atomic mass is 10.1. The average molecular weight is 511 g/mol. The first-order chi connectivity index (χ1) is 17.9. The van der Waals surface area contributed by atoms with Crippen LogP contribution < -0.4 is 10.1 Å². The predicted octanol–water partition coefficient (Wildman–Crippen LogP) is 3.08. The number of carbonyl (C=O) groups is 1. The van der Waals surface area contributed by atoms with Gasteiger partial charge in [-0.25, -0.2) is 19.3 Å². The number of ether oxygens (including phenoxy) is 1. The van der Waals surface area contributed by atoms with E-state index < -0.39 is 11.8 Å². The number of rotatable bonds is 10. The second kappa shape index (κ2) is 12.6. The Labute approximate surface area is 215 Å². The van der Waals surface area contributed by atoms with Crippen LogP contribution >= 0.6 is 0 Å². The number of pyridine rings is 1. The number of amides is 1. The van der Waals surface area contributed by atoms with Crippen molar-refractivity contribution in [1.82, 2.24) is 30.1 Å². The number of nitrogens with zero attached hydrogens (tertiary/aromatic N) is 5. The minimum absolute atomic E-state index is 0.0391. The highest BCUT2D eigenvalue weighted by atomic mass is 19.1. The summed E-state index contributed by atoms with van der Waals surface area (Å²) in [5.41, 5.74) is 1.25. The Morgan fingerprint density at radius 3 is 2.51 bits per heavy atom. The highest BCUT2D eigenvalue weighted by Gasteiger charge is 2.18. The molecule has 0 radical (unpaired) electrons. The van der Waals surface area contributed by atoms with Crippen molar-refractivity contribution in [2.75, 3.05) is 39.3 Å². The first-order valence-corrected chi connectivity index (χ1v) is 12.5. The summed E-state index contributed by atoms with van der Waals surface area (Å²) in [5.74, 6) is -0.672. The second-order valence-electron chi connectivity index (χ2n) is 9.28. The molecule has 3 heterocycles. The van der Waals surface area contributed by atoms with Crippen LogP contribution in [-0.2, 0) is 17.8 Å². The van der Waals surface area contributed by atoms with Gasteiger partial charge in [0.1, 0.15) is 18.2 Å². The lowest BCUT2D eigenvalue weighted by Gasteiger charge is -2.36. The number of hydrogen-bond acceptors (Lipinski definition) is 7. The highest BCUT2D eigenvalue weighted by Crippen LogP contribution is 2.23. The van der Waals surface area contributed by atoms with Crippen LogP contribution in [0.3, 0.4) is 0 Å². The van der Waals surface area contributed by atoms with Crippen LogP contribution in [0.2, 0.25) is 0 Å². The molecule has 1 N–H and O–H groups in total. The summed E-state index contributed by atoms with van der Waals surface area (Å²) in [6, 6.07) is 9.61. The van der Waals surface area contributed by atoms with E-state index in [1.165, 1.54) is 30.6 Å². The van der Waals surface area contributed by atoms with Crippen molar-refractivity contribution in [3.8, 4) is 17.1 Å². The molecular formula is C27H32F2N6O2. The lowest BCUT2D eigenvalue weighted by molar-refractivity contribution is -0.120. The number of aromatic nitrogens is 3. The van der Waals surface area contributed by atoms with E-state index in [2.05, 4.69) is 43.9 Å². The molecule has 10 heteroatoms. The fourth-order valence-corrected chi connectivity index (χ4v) is 4.13. The Bertz CT molecular complexity index is 1180. The molecule has 1 aromatic carbocycles. The zero-order valence-corrected chi connectivity index (χ0v) is 21.2. The van der Waals surface area contributed by atoms with Crippen LogP contribution in [0.4, 0.5) is 8.78 Å². The Morgan fingerprint density at radius 1 is 1.08 bits per heavy atom. The van der Waals surface area contributed by atoms with Crippen molar-refractivity contribution < 1.29 is 18.3 Å². The summed E-state index contributed by atoms with van der Waals surface area (Å²) in [6.45, 7) is 9.95. The maximum Gasteiger partial charge on any atom is 0.224 e. The van der Waals surface area contributed by atoms with Gasteiger partial charge in [-0.05, 0) is 43.7 Å². The quantitative estimate of drug-likeness (QED) is 0.420. The van der Waals surface area contributed by atoms with Gasteiger partial charge < -0.3 is 10.1 Å². The van der Waals surface area contributed by atoms with E-state index in [-0.39, 0.29) is 30.3 Å². The van der Waals surface area contributed by atoms with E-state index in [0.29, 0.717) is 29.7 Å². The smallest absolute Gasteiger partial charge is 0.224 e. The van der Waals surface area contributed by atoms with E-state index in [0.717, 1.165) is 32.7 Å². The molecule has 1 aliphatic rings. The maximum absolute atomic E-state index is 14.8. The lowest BCUT2D eigenvalue weighted by Crippen LogP contribution is -2.49. The molecule has 37 heavy (non-hydrogen) atoms. The second-order valence-corrected chi connectivity index (χ2v) is 9.28. The fourth-order valence-electron chi connectivity index (χ4n) is 4.13. The van der Waals surface area contributed by atoms with Crippen molar-refractivity contribution in [2.45, 2.75) is 32.9 Å². The minimum Gasteiger partial charge on any atom is -0.492 e. The molecular weight excluding hydrogens is 478 g/mol. The van der Waals surface area contributed by atoms with Gasteiger partial charge in [-0.1, -0.05) is 6.07 Å². The number of hydrogen-bond donors (Lipinski definition) is 1. The minimum atomic E-state index is -0.599. The zero-order valence-electron chi connectivity index (χ0n) is 21.2. The van der Waals surface area contributed by atoms with Crippen molar-refractivity contribution in [2.24, 2.45) is 0 Å². The summed E-state index contributed by atoms with van der Waals surface area (Å²) in [6.07, 6.45) is 3.02. The molecule has 1 amide bonds. The highest BCUT2D eigenvalue weighted by molar-refractivity contribution is 5.78. The van der Waals surface area contributed by atoms with E-state index in [1.807, 2.05) is 0 Å². The molecule has 2 aromatic heterocycles. The molecule has 0 saturated carbocycles. The van der Waals surface area contributed by atoms with Crippen LogP contribution in [0.5, 0.6) is 5.75 Å². The third kappa shape index (κ3) is 7.74. The van der Waals surface area contributed by atoms with Crippen molar-refractivity contribution in [3.05, 3.63) is 71.8 Å². The van der Waals surface area contributed by atoms with Crippen LogP contribution in [0, 0.1) is 11.8 Å². The van der Waals surface area contributed by atoms with Crippen LogP contribution in [0.1, 0.15) is 25.1 Å². The van der Waals surface area contributed by atoms with Gasteiger partial charge in [-0.3, -0.25) is 14.6 Å². The van der Waals surface area contributed by atoms with Crippen LogP contribution in [-0.4, -0.2) is 76.0 Å². The standard InChI is InChI=1S/C27H32F2N6O2/c1-19(2)35-10-8-34(9-11-35)12-13-37-22-6-7-23(24(28)15-22)27-31-16-20(17-32-27)14-26(36)30-18-21-4-3-5-25(29)33-21/h3-7,15-17,19H,8-14,18H2,1-2H3,(H,30,36). The maximum atomic E-state index is 14.8. The number of nitrogens with one attached hydrogen (secondary N) is 1. The number of halogens is 2. The molecule has 3 aromatic rings. The van der Waals surface area contributed by atoms with E-state index in [4.69, 9.17) is 4.74 Å². The molecule has 0 spiro atoms. The molecule has 8 nitrogen and oxygen atoms in total. The van der Waals surface area contributed by atoms with E-state index in [9.17, 15) is 13.6 Å². The topological polar surface area (TPSA) is 83.5 Å². The van der Waals surface area contributed by atoms with Gasteiger partial charge in [0.2, 0.25) is 11.9 Å². The molecule has 0 aliphatic carbocycles. The summed E-state index contributed by atoms with van der Waals surface area (Å²) in [4.78, 5) is 29.1. The third-order valence-corrected chi connectivity index (χ3v) is 6.30. The Balaban J connectivity index is 1.24. The van der Waals surface area contributed by atoms with E-state index >= 15 is 0 Å². The molecule has 0 bridgehead atoms. The molecule has 0 unspecified atom stereocenters. The summed E-state index contributed by atoms with van der Waals surface area (Å²) < 4.78 is 33.7. The van der Waals surface area contributed by atoms with Gasteiger partial charge in [0.05, 0.1) is 24.2 Å². The van der Waals surface area contributed by atoms with Crippen molar-refractivity contribution >= 4 is 5.91 Å². The van der Waals surface area contributed by atoms with Crippen LogP contribution in [0.25, 0.3) is 11.4 Å². The molecule has 1 aliphatic heterocycles. The van der Waals surface area contributed by atoms with Gasteiger partial charge in [0, 0.05) is 57.2 Å². The molecule has 1 fully saturated rings. The van der Waals surface area contributed by atoms with Crippen LogP contribution in [0.15, 0.2) is 48.8 Å². The predicted molar refractivity (Wildman–Crippen MR) is 136 cm³/mol. The third-order valence-electron chi connectivity index (χ3n) is 6.30. The van der Waals surface area contributed by atoms with Gasteiger partial charge in [-0.2, -0.15) is 4.39 Å². The fraction of sp³-hybridized carbons (Fsp3) is 0.407. The summed E-state index contributed by atoms with van der Waals surface area (Å²) in [5, 5.41) is 2.68. The van der Waals surface area contributed by atoms with Gasteiger partial charge >= 0.3 is 0 Å². The molecule has 4 rings (SSSR count). The number of piperazine rings is 1. The van der Waals surface area contributed by atoms with Gasteiger partial charge in [0.15, 0.2) is 5.82 Å². The van der Waals surface area contributed by atoms with Crippen molar-refractivity contribution in [1.29, 1.82) is 0 Å². The first-order valence-electron chi connectivity index (χ1n) is 12.5. The Hall–Kier alpha value is -3.50. The summed E-state index contributed by atoms with van der Waals surface area (Å²) >= 11 is 0. The Kier molecular flexibility index (Phi) is 9.08. The van der Waals surface area contributed by atoms with Gasteiger partial charge in [0.25, 0.3) is 0 Å². The van der Waals surface area contributed by atoms with Gasteiger partial charge in [-0.15, -0.1) is 0 Å².